The van der Waals surface area contributed by atoms with Crippen molar-refractivity contribution in [1.82, 2.24) is 10.2 Å². The Bertz CT molecular complexity index is 674. The molecule has 2 fully saturated rings. The number of aliphatic imine (C=N–C) groups is 1. The fourth-order valence-corrected chi connectivity index (χ4v) is 4.53. The van der Waals surface area contributed by atoms with Crippen molar-refractivity contribution in [1.29, 1.82) is 0 Å². The largest absolute Gasteiger partial charge is 0.494 e. The molecule has 1 unspecified atom stereocenters. The molecule has 2 aliphatic heterocycles. The van der Waals surface area contributed by atoms with Crippen LogP contribution in [0.1, 0.15) is 31.7 Å². The van der Waals surface area contributed by atoms with Gasteiger partial charge in [-0.05, 0) is 43.9 Å². The Balaban J connectivity index is 1.59. The second-order valence-electron chi connectivity index (χ2n) is 8.42. The Hall–Kier alpha value is -1.83. The zero-order valence-electron chi connectivity index (χ0n) is 19.4. The Morgan fingerprint density at radius 1 is 1.23 bits per heavy atom. The van der Waals surface area contributed by atoms with E-state index in [1.807, 2.05) is 14.0 Å². The summed E-state index contributed by atoms with van der Waals surface area (Å²) in [7, 11) is 3.58. The van der Waals surface area contributed by atoms with Crippen molar-refractivity contribution >= 4 is 5.96 Å². The van der Waals surface area contributed by atoms with E-state index in [9.17, 15) is 0 Å². The number of benzene rings is 1. The van der Waals surface area contributed by atoms with E-state index in [1.165, 1.54) is 5.56 Å². The molecule has 0 bridgehead atoms. The van der Waals surface area contributed by atoms with Crippen LogP contribution in [-0.4, -0.2) is 84.3 Å². The molecule has 1 aromatic carbocycles. The van der Waals surface area contributed by atoms with Crippen LogP contribution in [-0.2, 0) is 19.6 Å². The van der Waals surface area contributed by atoms with E-state index in [4.69, 9.17) is 18.9 Å². The molecule has 31 heavy (non-hydrogen) atoms. The van der Waals surface area contributed by atoms with E-state index in [2.05, 4.69) is 39.5 Å². The van der Waals surface area contributed by atoms with E-state index in [0.717, 1.165) is 70.4 Å². The first-order valence-electron chi connectivity index (χ1n) is 11.5. The molecule has 2 saturated heterocycles. The molecule has 0 spiro atoms. The molecule has 0 amide bonds. The molecule has 0 aliphatic carbocycles. The quantitative estimate of drug-likeness (QED) is 0.348. The Labute approximate surface area is 187 Å². The smallest absolute Gasteiger partial charge is 0.193 e. The number of hydrogen-bond donors (Lipinski definition) is 1. The fourth-order valence-electron chi connectivity index (χ4n) is 4.53. The monoisotopic (exact) mass is 433 g/mol. The number of likely N-dealkylation sites (tertiary alicyclic amines) is 1. The highest BCUT2D eigenvalue weighted by atomic mass is 16.5. The molecule has 7 heteroatoms. The zero-order valence-corrected chi connectivity index (χ0v) is 19.4. The van der Waals surface area contributed by atoms with E-state index in [0.29, 0.717) is 25.7 Å². The maximum atomic E-state index is 5.74. The molecule has 0 radical (unpaired) electrons. The van der Waals surface area contributed by atoms with Crippen LogP contribution in [0.15, 0.2) is 29.3 Å². The van der Waals surface area contributed by atoms with E-state index in [1.54, 1.807) is 7.11 Å². The summed E-state index contributed by atoms with van der Waals surface area (Å²) >= 11 is 0. The van der Waals surface area contributed by atoms with Crippen LogP contribution >= 0.6 is 0 Å². The third kappa shape index (κ3) is 6.57. The number of ether oxygens (including phenoxy) is 4. The van der Waals surface area contributed by atoms with Gasteiger partial charge in [-0.15, -0.1) is 0 Å². The molecule has 1 aromatic rings. The molecular weight excluding hydrogens is 394 g/mol. The standard InChI is InChI=1S/C24H39N3O4/c1-4-31-22-7-5-21(6-8-22)24(10-13-29-14-11-24)19-26-23(25-2)27-12-9-20(17-27)18-30-16-15-28-3/h5-8,20H,4,9-19H2,1-3H3,(H,25,26). The molecule has 1 N–H and O–H groups in total. The lowest BCUT2D eigenvalue weighted by molar-refractivity contribution is 0.0509. The Morgan fingerprint density at radius 3 is 2.68 bits per heavy atom. The van der Waals surface area contributed by atoms with Crippen molar-refractivity contribution in [2.24, 2.45) is 10.9 Å². The molecule has 0 saturated carbocycles. The summed E-state index contributed by atoms with van der Waals surface area (Å²) < 4.78 is 22.1. The van der Waals surface area contributed by atoms with Gasteiger partial charge >= 0.3 is 0 Å². The second-order valence-corrected chi connectivity index (χ2v) is 8.42. The van der Waals surface area contributed by atoms with Crippen molar-refractivity contribution in [2.45, 2.75) is 31.6 Å². The molecule has 1 atom stereocenters. The fraction of sp³-hybridized carbons (Fsp3) is 0.708. The topological polar surface area (TPSA) is 64.6 Å². The number of nitrogens with one attached hydrogen (secondary N) is 1. The van der Waals surface area contributed by atoms with E-state index in [-0.39, 0.29) is 5.41 Å². The van der Waals surface area contributed by atoms with Gasteiger partial charge in [0.25, 0.3) is 0 Å². The number of nitrogens with zero attached hydrogens (tertiary/aromatic N) is 2. The van der Waals surface area contributed by atoms with Crippen molar-refractivity contribution in [3.8, 4) is 5.75 Å². The maximum absolute atomic E-state index is 5.74. The highest BCUT2D eigenvalue weighted by molar-refractivity contribution is 5.80. The molecular formula is C24H39N3O4. The van der Waals surface area contributed by atoms with Gasteiger partial charge in [-0.3, -0.25) is 4.99 Å². The average Bonchev–Trinajstić information content (AvgIpc) is 3.27. The van der Waals surface area contributed by atoms with Gasteiger partial charge in [0.15, 0.2) is 5.96 Å². The van der Waals surface area contributed by atoms with Gasteiger partial charge in [0.2, 0.25) is 0 Å². The predicted octanol–water partition coefficient (Wildman–Crippen LogP) is 2.69. The first-order chi connectivity index (χ1) is 15.2. The second kappa shape index (κ2) is 12.3. The van der Waals surface area contributed by atoms with Crippen LogP contribution < -0.4 is 10.1 Å². The van der Waals surface area contributed by atoms with Crippen LogP contribution in [0.25, 0.3) is 0 Å². The minimum atomic E-state index is 0.0430. The van der Waals surface area contributed by atoms with Gasteiger partial charge in [-0.1, -0.05) is 12.1 Å². The Morgan fingerprint density at radius 2 is 2.00 bits per heavy atom. The summed E-state index contributed by atoms with van der Waals surface area (Å²) in [5.74, 6) is 2.45. The van der Waals surface area contributed by atoms with Crippen molar-refractivity contribution < 1.29 is 18.9 Å². The molecule has 3 rings (SSSR count). The minimum Gasteiger partial charge on any atom is -0.494 e. The van der Waals surface area contributed by atoms with Gasteiger partial charge in [-0.2, -0.15) is 0 Å². The van der Waals surface area contributed by atoms with Crippen LogP contribution in [0, 0.1) is 5.92 Å². The molecule has 2 aliphatic rings. The van der Waals surface area contributed by atoms with E-state index >= 15 is 0 Å². The summed E-state index contributed by atoms with van der Waals surface area (Å²) in [5, 5.41) is 3.69. The molecule has 7 nitrogen and oxygen atoms in total. The average molecular weight is 434 g/mol. The van der Waals surface area contributed by atoms with Gasteiger partial charge in [-0.25, -0.2) is 0 Å². The zero-order chi connectivity index (χ0) is 21.9. The first-order valence-corrected chi connectivity index (χ1v) is 11.5. The number of hydrogen-bond acceptors (Lipinski definition) is 5. The molecule has 2 heterocycles. The SMILES string of the molecule is CCOc1ccc(C2(CNC(=NC)N3CCC(COCCOC)C3)CCOCC2)cc1. The predicted molar refractivity (Wildman–Crippen MR) is 123 cm³/mol. The van der Waals surface area contributed by atoms with Crippen LogP contribution in [0.3, 0.4) is 0 Å². The summed E-state index contributed by atoms with van der Waals surface area (Å²) in [4.78, 5) is 6.94. The highest BCUT2D eigenvalue weighted by Gasteiger charge is 2.35. The van der Waals surface area contributed by atoms with Gasteiger partial charge in [0.1, 0.15) is 5.75 Å². The van der Waals surface area contributed by atoms with Gasteiger partial charge < -0.3 is 29.2 Å². The first kappa shape index (κ1) is 23.8. The number of rotatable bonds is 10. The maximum Gasteiger partial charge on any atom is 0.193 e. The van der Waals surface area contributed by atoms with Crippen molar-refractivity contribution in [3.05, 3.63) is 29.8 Å². The lowest BCUT2D eigenvalue weighted by Crippen LogP contribution is -2.49. The Kier molecular flexibility index (Phi) is 9.43. The summed E-state index contributed by atoms with van der Waals surface area (Å²) in [6, 6.07) is 8.59. The van der Waals surface area contributed by atoms with Gasteiger partial charge in [0, 0.05) is 58.3 Å². The van der Waals surface area contributed by atoms with Crippen molar-refractivity contribution in [2.75, 3.05) is 73.4 Å². The van der Waals surface area contributed by atoms with Crippen molar-refractivity contribution in [3.63, 3.8) is 0 Å². The lowest BCUT2D eigenvalue weighted by Gasteiger charge is -2.39. The third-order valence-electron chi connectivity index (χ3n) is 6.40. The summed E-state index contributed by atoms with van der Waals surface area (Å²) in [6.07, 6.45) is 3.13. The summed E-state index contributed by atoms with van der Waals surface area (Å²) in [5.41, 5.74) is 1.38. The number of guanidine groups is 1. The van der Waals surface area contributed by atoms with Crippen LogP contribution in [0.4, 0.5) is 0 Å². The van der Waals surface area contributed by atoms with Crippen LogP contribution in [0.5, 0.6) is 5.75 Å². The normalized spacial score (nSPS) is 21.3. The summed E-state index contributed by atoms with van der Waals surface area (Å²) in [6.45, 7) is 9.21. The van der Waals surface area contributed by atoms with Gasteiger partial charge in [0.05, 0.1) is 26.4 Å². The number of methoxy groups -OCH3 is 1. The molecule has 0 aromatic heterocycles. The minimum absolute atomic E-state index is 0.0430. The van der Waals surface area contributed by atoms with E-state index < -0.39 is 0 Å². The van der Waals surface area contributed by atoms with Crippen LogP contribution in [0.2, 0.25) is 0 Å². The molecule has 174 valence electrons. The lowest BCUT2D eigenvalue weighted by atomic mass is 9.74. The highest BCUT2D eigenvalue weighted by Crippen LogP contribution is 2.35. The third-order valence-corrected chi connectivity index (χ3v) is 6.40.